The highest BCUT2D eigenvalue weighted by atomic mass is 19.4. The molecule has 12 heteroatoms. The molecule has 2 amide bonds. The first-order valence-electron chi connectivity index (χ1n) is 7.63. The zero-order valence-electron chi connectivity index (χ0n) is 14.4. The van der Waals surface area contributed by atoms with E-state index in [-0.39, 0.29) is 12.8 Å². The molecule has 0 spiro atoms. The Kier molecular flexibility index (Phi) is 7.45. The highest BCUT2D eigenvalue weighted by molar-refractivity contribution is 5.87. The predicted molar refractivity (Wildman–Crippen MR) is 75.6 cm³/mol. The van der Waals surface area contributed by atoms with E-state index in [1.165, 1.54) is 24.5 Å². The molecule has 0 fully saturated rings. The summed E-state index contributed by atoms with van der Waals surface area (Å²) in [5, 5.41) is 2.64. The Morgan fingerprint density at radius 2 is 0.923 bits per heavy atom. The quantitative estimate of drug-likeness (QED) is 0.584. The second-order valence-corrected chi connectivity index (χ2v) is 5.86. The number of amides is 2. The Hall–Kier alpha value is -1.62. The van der Waals surface area contributed by atoms with Crippen LogP contribution in [0, 0.1) is 0 Å². The Morgan fingerprint density at radius 1 is 0.692 bits per heavy atom. The molecular weight excluding hydrogens is 380 g/mol. The fourth-order valence-electron chi connectivity index (χ4n) is 1.51. The summed E-state index contributed by atoms with van der Waals surface area (Å²) in [6, 6.07) is -2.21. The van der Waals surface area contributed by atoms with Gasteiger partial charge in [0, 0.05) is 12.1 Å². The van der Waals surface area contributed by atoms with E-state index < -0.39 is 47.6 Å². The lowest BCUT2D eigenvalue weighted by molar-refractivity contribution is -0.347. The van der Waals surface area contributed by atoms with Gasteiger partial charge in [0.25, 0.3) is 11.8 Å². The molecule has 0 rings (SSSR count). The summed E-state index contributed by atoms with van der Waals surface area (Å²) < 4.78 is 109. The minimum absolute atomic E-state index is 0.0166. The second kappa shape index (κ2) is 7.95. The minimum atomic E-state index is -6.84. The van der Waals surface area contributed by atoms with Crippen LogP contribution in [0.1, 0.15) is 40.5 Å². The van der Waals surface area contributed by atoms with Gasteiger partial charge in [-0.25, -0.2) is 0 Å². The Bertz CT molecular complexity index is 479. The number of rotatable bonds is 9. The Labute approximate surface area is 144 Å². The van der Waals surface area contributed by atoms with Crippen LogP contribution in [0.3, 0.4) is 0 Å². The summed E-state index contributed by atoms with van der Waals surface area (Å²) >= 11 is 0. The SMILES string of the molecule is CC[C@H](C)NC(=O)C(F)(F)C(F)(F)C(F)(F)C(F)(F)C(=O)N[C@@H](C)CC. The van der Waals surface area contributed by atoms with Crippen molar-refractivity contribution in [1.29, 1.82) is 0 Å². The highest BCUT2D eigenvalue weighted by Gasteiger charge is 2.84. The third-order valence-corrected chi connectivity index (χ3v) is 3.73. The van der Waals surface area contributed by atoms with Crippen molar-refractivity contribution in [2.45, 2.75) is 76.3 Å². The van der Waals surface area contributed by atoms with Crippen molar-refractivity contribution in [3.63, 3.8) is 0 Å². The van der Waals surface area contributed by atoms with Gasteiger partial charge in [0.15, 0.2) is 0 Å². The van der Waals surface area contributed by atoms with E-state index in [2.05, 4.69) is 0 Å². The van der Waals surface area contributed by atoms with Gasteiger partial charge < -0.3 is 10.6 Å². The number of hydrogen-bond donors (Lipinski definition) is 2. The van der Waals surface area contributed by atoms with Gasteiger partial charge >= 0.3 is 23.7 Å². The van der Waals surface area contributed by atoms with Crippen LogP contribution in [0.15, 0.2) is 0 Å². The minimum Gasteiger partial charge on any atom is -0.348 e. The maximum Gasteiger partial charge on any atom is 0.392 e. The third-order valence-electron chi connectivity index (χ3n) is 3.73. The molecule has 0 aromatic carbocycles. The molecular formula is C14H20F8N2O2. The summed E-state index contributed by atoms with van der Waals surface area (Å²) in [5.74, 6) is -31.8. The Balaban J connectivity index is 5.83. The standard InChI is InChI=1S/C14H20F8N2O2/c1-5-7(3)23-9(25)11(15,16)13(19,20)14(21,22)12(17,18)10(26)24-8(4)6-2/h7-8H,5-6H2,1-4H3,(H,23,25)(H,24,26)/t7-,8-/m0/s1. The van der Waals surface area contributed by atoms with Crippen LogP contribution in [0.25, 0.3) is 0 Å². The first-order valence-corrected chi connectivity index (χ1v) is 7.63. The molecule has 0 aromatic heterocycles. The molecule has 0 saturated carbocycles. The van der Waals surface area contributed by atoms with Gasteiger partial charge in [-0.05, 0) is 26.7 Å². The second-order valence-electron chi connectivity index (χ2n) is 5.86. The molecule has 0 heterocycles. The maximum absolute atomic E-state index is 13.6. The molecule has 0 unspecified atom stereocenters. The van der Waals surface area contributed by atoms with Gasteiger partial charge in [-0.2, -0.15) is 35.1 Å². The lowest BCUT2D eigenvalue weighted by atomic mass is 9.96. The Morgan fingerprint density at radius 3 is 1.12 bits per heavy atom. The maximum atomic E-state index is 13.6. The van der Waals surface area contributed by atoms with Crippen molar-refractivity contribution >= 4 is 11.8 Å². The first-order chi connectivity index (χ1) is 11.5. The van der Waals surface area contributed by atoms with E-state index in [1.807, 2.05) is 0 Å². The molecule has 26 heavy (non-hydrogen) atoms. The molecule has 4 nitrogen and oxygen atoms in total. The van der Waals surface area contributed by atoms with Crippen LogP contribution >= 0.6 is 0 Å². The number of carbonyl (C=O) groups is 2. The molecule has 0 bridgehead atoms. The fourth-order valence-corrected chi connectivity index (χ4v) is 1.51. The van der Waals surface area contributed by atoms with Crippen LogP contribution in [0.2, 0.25) is 0 Å². The monoisotopic (exact) mass is 400 g/mol. The van der Waals surface area contributed by atoms with E-state index in [1.54, 1.807) is 0 Å². The zero-order chi connectivity index (χ0) is 21.1. The van der Waals surface area contributed by atoms with Crippen molar-refractivity contribution in [2.24, 2.45) is 0 Å². The molecule has 2 N–H and O–H groups in total. The van der Waals surface area contributed by atoms with E-state index in [4.69, 9.17) is 0 Å². The summed E-state index contributed by atoms with van der Waals surface area (Å²) in [4.78, 5) is 22.5. The van der Waals surface area contributed by atoms with Crippen molar-refractivity contribution in [1.82, 2.24) is 10.6 Å². The van der Waals surface area contributed by atoms with Gasteiger partial charge in [-0.15, -0.1) is 0 Å². The number of nitrogens with one attached hydrogen (secondary N) is 2. The fraction of sp³-hybridized carbons (Fsp3) is 0.857. The summed E-state index contributed by atoms with van der Waals surface area (Å²) in [7, 11) is 0. The lowest BCUT2D eigenvalue weighted by Crippen LogP contribution is -2.69. The van der Waals surface area contributed by atoms with Crippen molar-refractivity contribution < 1.29 is 44.7 Å². The van der Waals surface area contributed by atoms with Crippen LogP contribution in [-0.4, -0.2) is 47.6 Å². The van der Waals surface area contributed by atoms with Crippen LogP contribution in [-0.2, 0) is 9.59 Å². The van der Waals surface area contributed by atoms with E-state index in [0.29, 0.717) is 0 Å². The number of alkyl halides is 8. The zero-order valence-corrected chi connectivity index (χ0v) is 14.4. The van der Waals surface area contributed by atoms with Crippen molar-refractivity contribution in [3.05, 3.63) is 0 Å². The molecule has 0 aromatic rings. The van der Waals surface area contributed by atoms with Gasteiger partial charge in [0.05, 0.1) is 0 Å². The summed E-state index contributed by atoms with van der Waals surface area (Å²) in [6.07, 6.45) is -0.0332. The smallest absolute Gasteiger partial charge is 0.348 e. The predicted octanol–water partition coefficient (Wildman–Crippen LogP) is 3.36. The third kappa shape index (κ3) is 4.20. The topological polar surface area (TPSA) is 58.2 Å². The van der Waals surface area contributed by atoms with E-state index in [9.17, 15) is 44.7 Å². The normalized spacial score (nSPS) is 16.0. The number of carbonyl (C=O) groups excluding carboxylic acids is 2. The van der Waals surface area contributed by atoms with Gasteiger partial charge in [-0.1, -0.05) is 13.8 Å². The average molecular weight is 400 g/mol. The van der Waals surface area contributed by atoms with Gasteiger partial charge in [-0.3, -0.25) is 9.59 Å². The molecule has 0 aliphatic carbocycles. The highest BCUT2D eigenvalue weighted by Crippen LogP contribution is 2.52. The number of halogens is 8. The molecule has 0 saturated heterocycles. The summed E-state index contributed by atoms with van der Waals surface area (Å²) in [5.41, 5.74) is 0. The molecule has 2 atom stereocenters. The largest absolute Gasteiger partial charge is 0.392 e. The van der Waals surface area contributed by atoms with Crippen LogP contribution in [0.4, 0.5) is 35.1 Å². The van der Waals surface area contributed by atoms with Crippen molar-refractivity contribution in [3.8, 4) is 0 Å². The first kappa shape index (κ1) is 24.4. The van der Waals surface area contributed by atoms with Gasteiger partial charge in [0.1, 0.15) is 0 Å². The van der Waals surface area contributed by atoms with Crippen LogP contribution in [0.5, 0.6) is 0 Å². The molecule has 0 aliphatic rings. The van der Waals surface area contributed by atoms with Crippen molar-refractivity contribution in [2.75, 3.05) is 0 Å². The van der Waals surface area contributed by atoms with E-state index >= 15 is 0 Å². The lowest BCUT2D eigenvalue weighted by Gasteiger charge is -2.35. The molecule has 0 aliphatic heterocycles. The molecule has 154 valence electrons. The van der Waals surface area contributed by atoms with Gasteiger partial charge in [0.2, 0.25) is 0 Å². The number of hydrogen-bond acceptors (Lipinski definition) is 2. The average Bonchev–Trinajstić information content (AvgIpc) is 2.53. The van der Waals surface area contributed by atoms with E-state index in [0.717, 1.165) is 13.8 Å². The molecule has 0 radical (unpaired) electrons. The van der Waals surface area contributed by atoms with Crippen LogP contribution < -0.4 is 10.6 Å². The summed E-state index contributed by atoms with van der Waals surface area (Å²) in [6.45, 7) is 4.95.